The number of rotatable bonds is 5. The highest BCUT2D eigenvalue weighted by atomic mass is 32.1. The fourth-order valence-electron chi connectivity index (χ4n) is 4.04. The van der Waals surface area contributed by atoms with E-state index in [2.05, 4.69) is 46.6 Å². The minimum absolute atomic E-state index is 0.106. The number of amides is 1. The van der Waals surface area contributed by atoms with Crippen molar-refractivity contribution in [3.8, 4) is 11.4 Å². The monoisotopic (exact) mass is 406 g/mol. The smallest absolute Gasteiger partial charge is 0.242 e. The Balaban J connectivity index is 1.40. The molecule has 2 heterocycles. The zero-order valence-electron chi connectivity index (χ0n) is 16.7. The molecule has 0 bridgehead atoms. The predicted molar refractivity (Wildman–Crippen MR) is 117 cm³/mol. The number of likely N-dealkylation sites (tertiary alicyclic amines) is 1. The van der Waals surface area contributed by atoms with E-state index in [1.165, 1.54) is 5.56 Å². The summed E-state index contributed by atoms with van der Waals surface area (Å²) >= 11 is 5.39. The lowest BCUT2D eigenvalue weighted by atomic mass is 9.90. The van der Waals surface area contributed by atoms with Crippen LogP contribution in [0.15, 0.2) is 54.6 Å². The molecule has 3 aromatic rings. The molecule has 1 aromatic heterocycles. The molecule has 0 atom stereocenters. The quantitative estimate of drug-likeness (QED) is 0.639. The van der Waals surface area contributed by atoms with E-state index in [9.17, 15) is 4.79 Å². The molecule has 5 nitrogen and oxygen atoms in total. The van der Waals surface area contributed by atoms with Gasteiger partial charge in [-0.15, -0.1) is 0 Å². The molecular formula is C23H26N4OS. The second-order valence-corrected chi connectivity index (χ2v) is 8.21. The van der Waals surface area contributed by atoms with E-state index in [-0.39, 0.29) is 12.5 Å². The highest BCUT2D eigenvalue weighted by Gasteiger charge is 2.24. The van der Waals surface area contributed by atoms with Crippen molar-refractivity contribution < 1.29 is 4.79 Å². The van der Waals surface area contributed by atoms with E-state index in [0.29, 0.717) is 16.5 Å². The molecule has 0 unspecified atom stereocenters. The van der Waals surface area contributed by atoms with Gasteiger partial charge in [0, 0.05) is 18.7 Å². The van der Waals surface area contributed by atoms with E-state index in [1.54, 1.807) is 0 Å². The Morgan fingerprint density at radius 1 is 1.14 bits per heavy atom. The molecule has 0 aliphatic carbocycles. The number of nitrogens with one attached hydrogen (secondary N) is 1. The van der Waals surface area contributed by atoms with Gasteiger partial charge in [-0.1, -0.05) is 54.1 Å². The molecule has 0 saturated carbocycles. The minimum atomic E-state index is 0.106. The summed E-state index contributed by atoms with van der Waals surface area (Å²) < 4.78 is 2.29. The van der Waals surface area contributed by atoms with Gasteiger partial charge in [0.15, 0.2) is 10.6 Å². The summed E-state index contributed by atoms with van der Waals surface area (Å²) in [5, 5.41) is 7.20. The average molecular weight is 407 g/mol. The molecular weight excluding hydrogens is 380 g/mol. The molecule has 1 aliphatic heterocycles. The molecule has 1 amide bonds. The van der Waals surface area contributed by atoms with Gasteiger partial charge in [0.05, 0.1) is 0 Å². The molecule has 0 radical (unpaired) electrons. The lowest BCUT2D eigenvalue weighted by molar-refractivity contribution is -0.133. The first-order chi connectivity index (χ1) is 14.1. The normalized spacial score (nSPS) is 14.9. The van der Waals surface area contributed by atoms with Crippen LogP contribution in [-0.4, -0.2) is 38.7 Å². The number of hydrogen-bond acceptors (Lipinski definition) is 3. The van der Waals surface area contributed by atoms with Gasteiger partial charge >= 0.3 is 0 Å². The van der Waals surface area contributed by atoms with Crippen molar-refractivity contribution in [2.45, 2.75) is 32.7 Å². The zero-order valence-corrected chi connectivity index (χ0v) is 17.5. The van der Waals surface area contributed by atoms with Gasteiger partial charge in [-0.2, -0.15) is 5.10 Å². The predicted octanol–water partition coefficient (Wildman–Crippen LogP) is 4.40. The number of H-pyrrole nitrogens is 1. The van der Waals surface area contributed by atoms with Crippen LogP contribution in [0.2, 0.25) is 0 Å². The van der Waals surface area contributed by atoms with Gasteiger partial charge in [0.2, 0.25) is 5.91 Å². The second kappa shape index (κ2) is 8.74. The fraction of sp³-hybridized carbons (Fsp3) is 0.348. The van der Waals surface area contributed by atoms with Crippen LogP contribution in [-0.2, 0) is 17.8 Å². The summed E-state index contributed by atoms with van der Waals surface area (Å²) in [5.74, 6) is 1.46. The van der Waals surface area contributed by atoms with Crippen molar-refractivity contribution in [1.82, 2.24) is 19.7 Å². The summed E-state index contributed by atoms with van der Waals surface area (Å²) in [7, 11) is 0. The number of carbonyl (C=O) groups excluding carboxylic acids is 1. The maximum atomic E-state index is 13.0. The van der Waals surface area contributed by atoms with Crippen molar-refractivity contribution in [2.24, 2.45) is 5.92 Å². The van der Waals surface area contributed by atoms with E-state index in [0.717, 1.165) is 43.5 Å². The largest absolute Gasteiger partial charge is 0.341 e. The highest BCUT2D eigenvalue weighted by molar-refractivity contribution is 7.71. The topological polar surface area (TPSA) is 53.9 Å². The number of hydrogen-bond donors (Lipinski definition) is 1. The summed E-state index contributed by atoms with van der Waals surface area (Å²) in [6.45, 7) is 3.88. The average Bonchev–Trinajstić information content (AvgIpc) is 3.09. The lowest BCUT2D eigenvalue weighted by Gasteiger charge is -2.32. The highest BCUT2D eigenvalue weighted by Crippen LogP contribution is 2.23. The van der Waals surface area contributed by atoms with Crippen LogP contribution >= 0.6 is 12.2 Å². The van der Waals surface area contributed by atoms with Crippen LogP contribution < -0.4 is 0 Å². The number of aryl methyl sites for hydroxylation is 1. The van der Waals surface area contributed by atoms with Crippen molar-refractivity contribution in [3.05, 3.63) is 70.5 Å². The Bertz CT molecular complexity index is 1030. The molecule has 2 aromatic carbocycles. The number of piperidine rings is 1. The summed E-state index contributed by atoms with van der Waals surface area (Å²) in [5.41, 5.74) is 3.49. The Morgan fingerprint density at radius 2 is 1.90 bits per heavy atom. The number of benzene rings is 2. The molecule has 4 rings (SSSR count). The van der Waals surface area contributed by atoms with E-state index in [4.69, 9.17) is 12.2 Å². The van der Waals surface area contributed by atoms with Crippen LogP contribution in [0.1, 0.15) is 24.0 Å². The third-order valence-electron chi connectivity index (χ3n) is 5.66. The fourth-order valence-corrected chi connectivity index (χ4v) is 4.23. The minimum Gasteiger partial charge on any atom is -0.341 e. The standard InChI is InChI=1S/C23H26N4OS/c1-17-6-5-9-20(14-17)22-24-25-23(29)27(22)16-21(28)26-12-10-19(11-13-26)15-18-7-3-2-4-8-18/h2-9,14,19H,10-13,15-16H2,1H3,(H,25,29). The first kappa shape index (κ1) is 19.6. The number of nitrogens with zero attached hydrogens (tertiary/aromatic N) is 3. The van der Waals surface area contributed by atoms with Crippen LogP contribution in [0.25, 0.3) is 11.4 Å². The third-order valence-corrected chi connectivity index (χ3v) is 5.97. The second-order valence-electron chi connectivity index (χ2n) is 7.82. The summed E-state index contributed by atoms with van der Waals surface area (Å²) in [6, 6.07) is 18.7. The van der Waals surface area contributed by atoms with Gasteiger partial charge in [-0.25, -0.2) is 0 Å². The van der Waals surface area contributed by atoms with Crippen LogP contribution in [0, 0.1) is 17.6 Å². The van der Waals surface area contributed by atoms with Crippen LogP contribution in [0.5, 0.6) is 0 Å². The summed E-state index contributed by atoms with van der Waals surface area (Å²) in [6.07, 6.45) is 3.18. The molecule has 1 aliphatic rings. The number of aromatic amines is 1. The molecule has 1 saturated heterocycles. The molecule has 29 heavy (non-hydrogen) atoms. The molecule has 150 valence electrons. The number of carbonyl (C=O) groups is 1. The zero-order chi connectivity index (χ0) is 20.2. The first-order valence-electron chi connectivity index (χ1n) is 10.1. The van der Waals surface area contributed by atoms with Crippen molar-refractivity contribution in [1.29, 1.82) is 0 Å². The van der Waals surface area contributed by atoms with Crippen molar-refractivity contribution in [3.63, 3.8) is 0 Å². The maximum absolute atomic E-state index is 13.0. The lowest BCUT2D eigenvalue weighted by Crippen LogP contribution is -2.40. The van der Waals surface area contributed by atoms with E-state index >= 15 is 0 Å². The SMILES string of the molecule is Cc1cccc(-c2n[nH]c(=S)n2CC(=O)N2CCC(Cc3ccccc3)CC2)c1. The van der Waals surface area contributed by atoms with E-state index < -0.39 is 0 Å². The Kier molecular flexibility index (Phi) is 5.90. The Morgan fingerprint density at radius 3 is 2.62 bits per heavy atom. The third kappa shape index (κ3) is 4.65. The van der Waals surface area contributed by atoms with Gasteiger partial charge in [-0.3, -0.25) is 14.5 Å². The Labute approximate surface area is 176 Å². The van der Waals surface area contributed by atoms with Gasteiger partial charge in [0.1, 0.15) is 6.54 Å². The number of aromatic nitrogens is 3. The maximum Gasteiger partial charge on any atom is 0.242 e. The molecule has 0 spiro atoms. The van der Waals surface area contributed by atoms with Crippen molar-refractivity contribution >= 4 is 18.1 Å². The van der Waals surface area contributed by atoms with Gasteiger partial charge < -0.3 is 4.90 Å². The van der Waals surface area contributed by atoms with Gasteiger partial charge in [0.25, 0.3) is 0 Å². The first-order valence-corrected chi connectivity index (χ1v) is 10.5. The molecule has 1 fully saturated rings. The van der Waals surface area contributed by atoms with Crippen molar-refractivity contribution in [2.75, 3.05) is 13.1 Å². The van der Waals surface area contributed by atoms with Crippen LogP contribution in [0.3, 0.4) is 0 Å². The van der Waals surface area contributed by atoms with Gasteiger partial charge in [-0.05, 0) is 56.0 Å². The molecule has 6 heteroatoms. The van der Waals surface area contributed by atoms with E-state index in [1.807, 2.05) is 34.6 Å². The summed E-state index contributed by atoms with van der Waals surface area (Å²) in [4.78, 5) is 14.9. The molecule has 1 N–H and O–H groups in total. The Hall–Kier alpha value is -2.73. The van der Waals surface area contributed by atoms with Crippen LogP contribution in [0.4, 0.5) is 0 Å².